The fourth-order valence-corrected chi connectivity index (χ4v) is 3.06. The van der Waals surface area contributed by atoms with E-state index in [1.165, 1.54) is 51.4 Å². The van der Waals surface area contributed by atoms with E-state index in [2.05, 4.69) is 20.8 Å². The summed E-state index contributed by atoms with van der Waals surface area (Å²) in [5.41, 5.74) is 0. The zero-order chi connectivity index (χ0) is 10.4. The van der Waals surface area contributed by atoms with Gasteiger partial charge in [-0.2, -0.15) is 0 Å². The Balaban J connectivity index is 2.41. The molecule has 0 nitrogen and oxygen atoms in total. The zero-order valence-electron chi connectivity index (χ0n) is 10.4. The molecule has 0 aliphatic heterocycles. The Labute approximate surface area is 90.5 Å². The first-order valence-electron chi connectivity index (χ1n) is 6.83. The monoisotopic (exact) mass is 196 g/mol. The summed E-state index contributed by atoms with van der Waals surface area (Å²) in [6.07, 6.45) is 11.7. The van der Waals surface area contributed by atoms with Crippen LogP contribution in [0.1, 0.15) is 72.1 Å². The molecule has 1 unspecified atom stereocenters. The maximum Gasteiger partial charge on any atom is -0.0358 e. The quantitative estimate of drug-likeness (QED) is 0.536. The van der Waals surface area contributed by atoms with Gasteiger partial charge in [0.05, 0.1) is 0 Å². The summed E-state index contributed by atoms with van der Waals surface area (Å²) in [5.74, 6) is 3.19. The van der Waals surface area contributed by atoms with Gasteiger partial charge >= 0.3 is 0 Å². The third-order valence-corrected chi connectivity index (χ3v) is 4.30. The Hall–Kier alpha value is 0. The van der Waals surface area contributed by atoms with Crippen molar-refractivity contribution >= 4 is 0 Å². The molecule has 0 saturated heterocycles. The van der Waals surface area contributed by atoms with Gasteiger partial charge < -0.3 is 0 Å². The highest BCUT2D eigenvalue weighted by molar-refractivity contribution is 4.81. The molecule has 0 aromatic heterocycles. The van der Waals surface area contributed by atoms with Crippen LogP contribution in [0.15, 0.2) is 0 Å². The van der Waals surface area contributed by atoms with Gasteiger partial charge in [-0.1, -0.05) is 65.7 Å². The minimum absolute atomic E-state index is 1.02. The van der Waals surface area contributed by atoms with Crippen LogP contribution in [0, 0.1) is 17.8 Å². The van der Waals surface area contributed by atoms with E-state index >= 15 is 0 Å². The van der Waals surface area contributed by atoms with Crippen LogP contribution in [0.4, 0.5) is 0 Å². The van der Waals surface area contributed by atoms with Gasteiger partial charge in [0.15, 0.2) is 0 Å². The van der Waals surface area contributed by atoms with Gasteiger partial charge in [0, 0.05) is 0 Å². The molecule has 14 heavy (non-hydrogen) atoms. The summed E-state index contributed by atoms with van der Waals surface area (Å²) in [6.45, 7) is 7.09. The summed E-state index contributed by atoms with van der Waals surface area (Å²) >= 11 is 0. The number of hydrogen-bond acceptors (Lipinski definition) is 0. The van der Waals surface area contributed by atoms with E-state index in [0.29, 0.717) is 0 Å². The Morgan fingerprint density at radius 2 is 1.71 bits per heavy atom. The molecule has 1 aliphatic carbocycles. The SMILES string of the molecule is CCCCC(C(CC)CC)C1CCC1. The molecule has 0 amide bonds. The van der Waals surface area contributed by atoms with Crippen LogP contribution < -0.4 is 0 Å². The van der Waals surface area contributed by atoms with Crippen LogP contribution in [0.5, 0.6) is 0 Å². The van der Waals surface area contributed by atoms with Crippen molar-refractivity contribution in [1.82, 2.24) is 0 Å². The molecule has 1 rings (SSSR count). The topological polar surface area (TPSA) is 0 Å². The predicted octanol–water partition coefficient (Wildman–Crippen LogP) is 5.03. The van der Waals surface area contributed by atoms with Crippen LogP contribution in [0.25, 0.3) is 0 Å². The van der Waals surface area contributed by atoms with Crippen molar-refractivity contribution in [3.63, 3.8) is 0 Å². The number of unbranched alkanes of at least 4 members (excludes halogenated alkanes) is 1. The highest BCUT2D eigenvalue weighted by atomic mass is 14.4. The highest BCUT2D eigenvalue weighted by Crippen LogP contribution is 2.41. The smallest absolute Gasteiger partial charge is 0.0358 e. The van der Waals surface area contributed by atoms with Crippen LogP contribution in [-0.4, -0.2) is 0 Å². The standard InChI is InChI=1S/C14H28/c1-4-7-11-14(12(5-2)6-3)13-9-8-10-13/h12-14H,4-11H2,1-3H3. The van der Waals surface area contributed by atoms with E-state index in [1.807, 2.05) is 0 Å². The van der Waals surface area contributed by atoms with E-state index in [-0.39, 0.29) is 0 Å². The first kappa shape index (κ1) is 12.1. The zero-order valence-corrected chi connectivity index (χ0v) is 10.4. The van der Waals surface area contributed by atoms with Gasteiger partial charge in [0.1, 0.15) is 0 Å². The lowest BCUT2D eigenvalue weighted by Gasteiger charge is -2.38. The lowest BCUT2D eigenvalue weighted by molar-refractivity contribution is 0.125. The molecule has 0 bridgehead atoms. The largest absolute Gasteiger partial charge is 0.0654 e. The Bertz CT molecular complexity index is 131. The number of rotatable bonds is 7. The molecule has 0 spiro atoms. The minimum Gasteiger partial charge on any atom is -0.0654 e. The normalized spacial score (nSPS) is 19.7. The molecule has 1 fully saturated rings. The first-order valence-corrected chi connectivity index (χ1v) is 6.83. The van der Waals surface area contributed by atoms with E-state index in [4.69, 9.17) is 0 Å². The van der Waals surface area contributed by atoms with Crippen molar-refractivity contribution in [1.29, 1.82) is 0 Å². The lowest BCUT2D eigenvalue weighted by Crippen LogP contribution is -2.28. The van der Waals surface area contributed by atoms with E-state index in [9.17, 15) is 0 Å². The second-order valence-corrected chi connectivity index (χ2v) is 5.07. The van der Waals surface area contributed by atoms with Gasteiger partial charge in [-0.05, 0) is 24.2 Å². The summed E-state index contributed by atoms with van der Waals surface area (Å²) in [4.78, 5) is 0. The number of hydrogen-bond donors (Lipinski definition) is 0. The van der Waals surface area contributed by atoms with Gasteiger partial charge in [0.25, 0.3) is 0 Å². The van der Waals surface area contributed by atoms with Crippen molar-refractivity contribution in [2.75, 3.05) is 0 Å². The molecule has 0 heterocycles. The van der Waals surface area contributed by atoms with Crippen molar-refractivity contribution in [2.45, 2.75) is 72.1 Å². The summed E-state index contributed by atoms with van der Waals surface area (Å²) < 4.78 is 0. The molecular weight excluding hydrogens is 168 g/mol. The third kappa shape index (κ3) is 3.00. The predicted molar refractivity (Wildman–Crippen MR) is 64.4 cm³/mol. The Morgan fingerprint density at radius 3 is 2.07 bits per heavy atom. The Morgan fingerprint density at radius 1 is 1.07 bits per heavy atom. The summed E-state index contributed by atoms with van der Waals surface area (Å²) in [5, 5.41) is 0. The van der Waals surface area contributed by atoms with E-state index in [0.717, 1.165) is 17.8 Å². The molecule has 84 valence electrons. The van der Waals surface area contributed by atoms with Gasteiger partial charge in [-0.25, -0.2) is 0 Å². The van der Waals surface area contributed by atoms with E-state index in [1.54, 1.807) is 0 Å². The highest BCUT2D eigenvalue weighted by Gasteiger charge is 2.30. The van der Waals surface area contributed by atoms with Crippen LogP contribution in [0.2, 0.25) is 0 Å². The van der Waals surface area contributed by atoms with Crippen LogP contribution in [0.3, 0.4) is 0 Å². The van der Waals surface area contributed by atoms with Gasteiger partial charge in [-0.3, -0.25) is 0 Å². The molecule has 0 aromatic carbocycles. The Kier molecular flexibility index (Phi) is 5.59. The van der Waals surface area contributed by atoms with Crippen LogP contribution >= 0.6 is 0 Å². The van der Waals surface area contributed by atoms with Crippen molar-refractivity contribution in [2.24, 2.45) is 17.8 Å². The molecule has 1 atom stereocenters. The molecular formula is C14H28. The third-order valence-electron chi connectivity index (χ3n) is 4.30. The van der Waals surface area contributed by atoms with E-state index < -0.39 is 0 Å². The van der Waals surface area contributed by atoms with Gasteiger partial charge in [-0.15, -0.1) is 0 Å². The fraction of sp³-hybridized carbons (Fsp3) is 1.00. The lowest BCUT2D eigenvalue weighted by atomic mass is 9.67. The molecule has 1 aliphatic rings. The van der Waals surface area contributed by atoms with Crippen molar-refractivity contribution in [3.05, 3.63) is 0 Å². The summed E-state index contributed by atoms with van der Waals surface area (Å²) in [7, 11) is 0. The van der Waals surface area contributed by atoms with Crippen LogP contribution in [-0.2, 0) is 0 Å². The van der Waals surface area contributed by atoms with Crippen molar-refractivity contribution in [3.8, 4) is 0 Å². The molecule has 0 aromatic rings. The average Bonchev–Trinajstić information content (AvgIpc) is 2.12. The minimum atomic E-state index is 1.02. The maximum absolute atomic E-state index is 2.38. The molecule has 0 heteroatoms. The fourth-order valence-electron chi connectivity index (χ4n) is 3.06. The summed E-state index contributed by atoms with van der Waals surface area (Å²) in [6, 6.07) is 0. The molecule has 0 radical (unpaired) electrons. The maximum atomic E-state index is 2.38. The molecule has 1 saturated carbocycles. The second kappa shape index (κ2) is 6.48. The van der Waals surface area contributed by atoms with Crippen molar-refractivity contribution < 1.29 is 0 Å². The first-order chi connectivity index (χ1) is 6.83. The second-order valence-electron chi connectivity index (χ2n) is 5.07. The van der Waals surface area contributed by atoms with Gasteiger partial charge in [0.2, 0.25) is 0 Å². The molecule has 0 N–H and O–H groups in total. The average molecular weight is 196 g/mol.